The fraction of sp³-hybridized carbons (Fsp3) is 0.182. The number of hydrogen-bond acceptors (Lipinski definition) is 3. The number of anilines is 1. The molecule has 15 heavy (non-hydrogen) atoms. The molecule has 1 aromatic heterocycles. The zero-order chi connectivity index (χ0) is 11.0. The summed E-state index contributed by atoms with van der Waals surface area (Å²) >= 11 is 6.09. The SMILES string of the molecule is Cc1cc(-c2cc(N)on2)cc(Cl)c1C. The van der Waals surface area contributed by atoms with Crippen LogP contribution in [0.3, 0.4) is 0 Å². The van der Waals surface area contributed by atoms with Crippen molar-refractivity contribution in [3.05, 3.63) is 34.3 Å². The number of aryl methyl sites for hydroxylation is 1. The lowest BCUT2D eigenvalue weighted by Gasteiger charge is -2.04. The second kappa shape index (κ2) is 3.59. The molecular weight excluding hydrogens is 212 g/mol. The van der Waals surface area contributed by atoms with Crippen LogP contribution < -0.4 is 5.73 Å². The predicted octanol–water partition coefficient (Wildman–Crippen LogP) is 3.19. The molecular formula is C11H11ClN2O. The topological polar surface area (TPSA) is 52.0 Å². The molecule has 0 spiro atoms. The Morgan fingerprint density at radius 1 is 1.27 bits per heavy atom. The van der Waals surface area contributed by atoms with E-state index in [0.29, 0.717) is 11.6 Å². The standard InChI is InChI=1S/C11H11ClN2O/c1-6-3-8(4-9(12)7(6)2)10-5-11(13)15-14-10/h3-5H,13H2,1-2H3. The van der Waals surface area contributed by atoms with Gasteiger partial charge in [0.25, 0.3) is 0 Å². The smallest absolute Gasteiger partial charge is 0.222 e. The minimum atomic E-state index is 0.305. The summed E-state index contributed by atoms with van der Waals surface area (Å²) in [6, 6.07) is 5.56. The van der Waals surface area contributed by atoms with Gasteiger partial charge in [0.05, 0.1) is 0 Å². The minimum Gasteiger partial charge on any atom is -0.368 e. The van der Waals surface area contributed by atoms with Crippen molar-refractivity contribution in [2.75, 3.05) is 5.73 Å². The lowest BCUT2D eigenvalue weighted by atomic mass is 10.0. The molecule has 0 bridgehead atoms. The number of halogens is 1. The van der Waals surface area contributed by atoms with Gasteiger partial charge in [0.15, 0.2) is 0 Å². The maximum atomic E-state index is 6.09. The number of nitrogens with zero attached hydrogens (tertiary/aromatic N) is 1. The Labute approximate surface area is 92.8 Å². The van der Waals surface area contributed by atoms with Crippen molar-refractivity contribution in [2.45, 2.75) is 13.8 Å². The van der Waals surface area contributed by atoms with Crippen molar-refractivity contribution in [1.82, 2.24) is 5.16 Å². The van der Waals surface area contributed by atoms with Crippen LogP contribution in [0.1, 0.15) is 11.1 Å². The van der Waals surface area contributed by atoms with Crippen molar-refractivity contribution in [2.24, 2.45) is 0 Å². The largest absolute Gasteiger partial charge is 0.368 e. The van der Waals surface area contributed by atoms with Crippen LogP contribution in [0.25, 0.3) is 11.3 Å². The minimum absolute atomic E-state index is 0.305. The van der Waals surface area contributed by atoms with Gasteiger partial charge in [0.1, 0.15) is 5.69 Å². The summed E-state index contributed by atoms with van der Waals surface area (Å²) < 4.78 is 4.81. The van der Waals surface area contributed by atoms with Gasteiger partial charge in [-0.15, -0.1) is 0 Å². The first-order valence-corrected chi connectivity index (χ1v) is 4.95. The zero-order valence-electron chi connectivity index (χ0n) is 8.54. The molecule has 2 N–H and O–H groups in total. The molecule has 0 atom stereocenters. The van der Waals surface area contributed by atoms with E-state index in [0.717, 1.165) is 21.7 Å². The van der Waals surface area contributed by atoms with Crippen molar-refractivity contribution >= 4 is 17.5 Å². The van der Waals surface area contributed by atoms with E-state index < -0.39 is 0 Å². The van der Waals surface area contributed by atoms with Crippen LogP contribution in [-0.2, 0) is 0 Å². The van der Waals surface area contributed by atoms with Crippen molar-refractivity contribution in [3.63, 3.8) is 0 Å². The third kappa shape index (κ3) is 1.83. The van der Waals surface area contributed by atoms with Gasteiger partial charge >= 0.3 is 0 Å². The average molecular weight is 223 g/mol. The van der Waals surface area contributed by atoms with Gasteiger partial charge in [-0.1, -0.05) is 16.8 Å². The molecule has 0 amide bonds. The Bertz CT molecular complexity index is 482. The summed E-state index contributed by atoms with van der Waals surface area (Å²) in [6.07, 6.45) is 0. The average Bonchev–Trinajstić information content (AvgIpc) is 2.60. The Kier molecular flexibility index (Phi) is 2.40. The molecule has 0 saturated carbocycles. The second-order valence-electron chi connectivity index (χ2n) is 3.51. The third-order valence-corrected chi connectivity index (χ3v) is 2.82. The maximum absolute atomic E-state index is 6.09. The number of benzene rings is 1. The van der Waals surface area contributed by atoms with E-state index in [1.165, 1.54) is 0 Å². The molecule has 0 aliphatic heterocycles. The summed E-state index contributed by atoms with van der Waals surface area (Å²) in [5.74, 6) is 0.305. The van der Waals surface area contributed by atoms with E-state index >= 15 is 0 Å². The van der Waals surface area contributed by atoms with Crippen LogP contribution in [0, 0.1) is 13.8 Å². The molecule has 3 nitrogen and oxygen atoms in total. The van der Waals surface area contributed by atoms with Gasteiger partial charge in [-0.25, -0.2) is 0 Å². The molecule has 78 valence electrons. The van der Waals surface area contributed by atoms with Gasteiger partial charge in [-0.05, 0) is 37.1 Å². The first-order valence-electron chi connectivity index (χ1n) is 4.57. The van der Waals surface area contributed by atoms with Gasteiger partial charge in [-0.3, -0.25) is 0 Å². The number of nitrogen functional groups attached to an aromatic ring is 1. The lowest BCUT2D eigenvalue weighted by molar-refractivity contribution is 0.439. The van der Waals surface area contributed by atoms with Crippen molar-refractivity contribution in [3.8, 4) is 11.3 Å². The number of nitrogens with two attached hydrogens (primary N) is 1. The van der Waals surface area contributed by atoms with E-state index in [2.05, 4.69) is 5.16 Å². The number of rotatable bonds is 1. The van der Waals surface area contributed by atoms with E-state index in [9.17, 15) is 0 Å². The maximum Gasteiger partial charge on any atom is 0.222 e. The van der Waals surface area contributed by atoms with Crippen LogP contribution in [0.15, 0.2) is 22.7 Å². The van der Waals surface area contributed by atoms with Crippen molar-refractivity contribution < 1.29 is 4.52 Å². The highest BCUT2D eigenvalue weighted by Gasteiger charge is 2.08. The van der Waals surface area contributed by atoms with Gasteiger partial charge < -0.3 is 10.3 Å². The fourth-order valence-electron chi connectivity index (χ4n) is 1.39. The first kappa shape index (κ1) is 10.1. The zero-order valence-corrected chi connectivity index (χ0v) is 9.30. The third-order valence-electron chi connectivity index (χ3n) is 2.43. The van der Waals surface area contributed by atoms with Gasteiger partial charge in [-0.2, -0.15) is 0 Å². The number of aromatic nitrogens is 1. The molecule has 0 fully saturated rings. The van der Waals surface area contributed by atoms with Gasteiger partial charge in [0.2, 0.25) is 5.88 Å². The molecule has 0 radical (unpaired) electrons. The van der Waals surface area contributed by atoms with Crippen LogP contribution in [0.2, 0.25) is 5.02 Å². The molecule has 4 heteroatoms. The molecule has 0 unspecified atom stereocenters. The fourth-order valence-corrected chi connectivity index (χ4v) is 1.66. The molecule has 1 aromatic carbocycles. The highest BCUT2D eigenvalue weighted by Crippen LogP contribution is 2.28. The lowest BCUT2D eigenvalue weighted by Crippen LogP contribution is -1.85. The number of hydrogen-bond donors (Lipinski definition) is 1. The van der Waals surface area contributed by atoms with E-state index in [4.69, 9.17) is 21.9 Å². The second-order valence-corrected chi connectivity index (χ2v) is 3.92. The molecule has 2 aromatic rings. The Morgan fingerprint density at radius 3 is 2.53 bits per heavy atom. The quantitative estimate of drug-likeness (QED) is 0.806. The molecule has 0 saturated heterocycles. The predicted molar refractivity (Wildman–Crippen MR) is 60.8 cm³/mol. The molecule has 0 aliphatic rings. The summed E-state index contributed by atoms with van der Waals surface area (Å²) in [7, 11) is 0. The molecule has 0 aliphatic carbocycles. The normalized spacial score (nSPS) is 10.6. The van der Waals surface area contributed by atoms with E-state index in [1.54, 1.807) is 6.07 Å². The van der Waals surface area contributed by atoms with Crippen LogP contribution in [0.4, 0.5) is 5.88 Å². The van der Waals surface area contributed by atoms with Crippen LogP contribution in [-0.4, -0.2) is 5.16 Å². The van der Waals surface area contributed by atoms with E-state index in [-0.39, 0.29) is 0 Å². The Morgan fingerprint density at radius 2 is 2.00 bits per heavy atom. The highest BCUT2D eigenvalue weighted by molar-refractivity contribution is 6.31. The van der Waals surface area contributed by atoms with Crippen molar-refractivity contribution in [1.29, 1.82) is 0 Å². The molecule has 2 rings (SSSR count). The highest BCUT2D eigenvalue weighted by atomic mass is 35.5. The van der Waals surface area contributed by atoms with Crippen LogP contribution in [0.5, 0.6) is 0 Å². The summed E-state index contributed by atoms with van der Waals surface area (Å²) in [5.41, 5.74) is 9.29. The van der Waals surface area contributed by atoms with E-state index in [1.807, 2.05) is 26.0 Å². The Hall–Kier alpha value is -1.48. The summed E-state index contributed by atoms with van der Waals surface area (Å²) in [5, 5.41) is 4.57. The Balaban J connectivity index is 2.55. The first-order chi connectivity index (χ1) is 7.08. The van der Waals surface area contributed by atoms with Crippen LogP contribution >= 0.6 is 11.6 Å². The monoisotopic (exact) mass is 222 g/mol. The summed E-state index contributed by atoms with van der Waals surface area (Å²) in [6.45, 7) is 3.99. The molecule has 1 heterocycles. The summed E-state index contributed by atoms with van der Waals surface area (Å²) in [4.78, 5) is 0. The van der Waals surface area contributed by atoms with Gasteiger partial charge in [0, 0.05) is 16.7 Å².